The van der Waals surface area contributed by atoms with Crippen LogP contribution in [0.5, 0.6) is 0 Å². The molecule has 76 valence electrons. The maximum atomic E-state index is 13.5. The van der Waals surface area contributed by atoms with Gasteiger partial charge in [0.05, 0.1) is 6.20 Å². The summed E-state index contributed by atoms with van der Waals surface area (Å²) >= 11 is 0. The van der Waals surface area contributed by atoms with Crippen molar-refractivity contribution in [2.24, 2.45) is 0 Å². The molecule has 0 fully saturated rings. The van der Waals surface area contributed by atoms with Crippen LogP contribution < -0.4 is 0 Å². The second kappa shape index (κ2) is 4.17. The Hall–Kier alpha value is -1.77. The van der Waals surface area contributed by atoms with Crippen molar-refractivity contribution in [3.63, 3.8) is 0 Å². The van der Waals surface area contributed by atoms with Gasteiger partial charge in [-0.05, 0) is 29.7 Å². The van der Waals surface area contributed by atoms with Crippen LogP contribution in [0.3, 0.4) is 0 Å². The van der Waals surface area contributed by atoms with Gasteiger partial charge < -0.3 is 0 Å². The molecule has 2 heterocycles. The van der Waals surface area contributed by atoms with Crippen molar-refractivity contribution < 1.29 is 4.39 Å². The second-order valence-corrected chi connectivity index (χ2v) is 3.24. The Balaban J connectivity index is 2.58. The summed E-state index contributed by atoms with van der Waals surface area (Å²) < 4.78 is 13.5. The van der Waals surface area contributed by atoms with Gasteiger partial charge in [0.15, 0.2) is 0 Å². The van der Waals surface area contributed by atoms with Gasteiger partial charge in [-0.3, -0.25) is 9.97 Å². The molecule has 2 aromatic rings. The largest absolute Gasteiger partial charge is 0.265 e. The predicted octanol–water partition coefficient (Wildman–Crippen LogP) is 2.85. The Kier molecular flexibility index (Phi) is 2.72. The van der Waals surface area contributed by atoms with Crippen molar-refractivity contribution in [1.29, 1.82) is 0 Å². The van der Waals surface area contributed by atoms with E-state index in [1.165, 1.54) is 6.20 Å². The summed E-state index contributed by atoms with van der Waals surface area (Å²) in [6.07, 6.45) is 6.99. The molecule has 0 radical (unpaired) electrons. The van der Waals surface area contributed by atoms with Gasteiger partial charge >= 0.3 is 0 Å². The highest BCUT2D eigenvalue weighted by Crippen LogP contribution is 2.24. The minimum absolute atomic E-state index is 0.244. The fourth-order valence-corrected chi connectivity index (χ4v) is 1.60. The van der Waals surface area contributed by atoms with Crippen LogP contribution in [-0.4, -0.2) is 9.97 Å². The topological polar surface area (TPSA) is 25.8 Å². The average molecular weight is 202 g/mol. The number of hydrogen-bond donors (Lipinski definition) is 0. The standard InChI is InChI=1S/C12H11FN2/c1-2-10-11(7-15-8-12(10)13)9-3-5-14-6-4-9/h3-8H,2H2,1H3. The molecule has 2 aromatic heterocycles. The van der Waals surface area contributed by atoms with Gasteiger partial charge in [-0.2, -0.15) is 0 Å². The summed E-state index contributed by atoms with van der Waals surface area (Å²) in [6, 6.07) is 3.71. The Bertz CT molecular complexity index is 454. The maximum Gasteiger partial charge on any atom is 0.145 e. The fraction of sp³-hybridized carbons (Fsp3) is 0.167. The van der Waals surface area contributed by atoms with Crippen LogP contribution >= 0.6 is 0 Å². The lowest BCUT2D eigenvalue weighted by Crippen LogP contribution is -1.94. The first-order valence-corrected chi connectivity index (χ1v) is 4.85. The van der Waals surface area contributed by atoms with E-state index in [1.807, 2.05) is 19.1 Å². The molecule has 0 aliphatic rings. The highest BCUT2D eigenvalue weighted by Gasteiger charge is 2.08. The third-order valence-corrected chi connectivity index (χ3v) is 2.35. The first-order valence-electron chi connectivity index (χ1n) is 4.85. The number of rotatable bonds is 2. The molecule has 0 N–H and O–H groups in total. The molecule has 0 amide bonds. The molecule has 0 atom stereocenters. The van der Waals surface area contributed by atoms with Crippen molar-refractivity contribution in [3.05, 3.63) is 48.3 Å². The molecule has 0 aliphatic heterocycles. The van der Waals surface area contributed by atoms with E-state index in [9.17, 15) is 4.39 Å². The van der Waals surface area contributed by atoms with Crippen LogP contribution in [0.1, 0.15) is 12.5 Å². The third-order valence-electron chi connectivity index (χ3n) is 2.35. The van der Waals surface area contributed by atoms with Gasteiger partial charge in [0.1, 0.15) is 5.82 Å². The lowest BCUT2D eigenvalue weighted by Gasteiger charge is -2.07. The Labute approximate surface area is 87.8 Å². The van der Waals surface area contributed by atoms with Crippen molar-refractivity contribution >= 4 is 0 Å². The lowest BCUT2D eigenvalue weighted by atomic mass is 10.0. The van der Waals surface area contributed by atoms with E-state index in [-0.39, 0.29) is 5.82 Å². The van der Waals surface area contributed by atoms with E-state index in [4.69, 9.17) is 0 Å². The van der Waals surface area contributed by atoms with Crippen LogP contribution in [0, 0.1) is 5.82 Å². The Morgan fingerprint density at radius 2 is 1.87 bits per heavy atom. The van der Waals surface area contributed by atoms with Gasteiger partial charge in [0.25, 0.3) is 0 Å². The molecule has 0 saturated carbocycles. The number of pyridine rings is 2. The van der Waals surface area contributed by atoms with Crippen LogP contribution in [0.15, 0.2) is 36.9 Å². The van der Waals surface area contributed by atoms with E-state index in [1.54, 1.807) is 18.6 Å². The van der Waals surface area contributed by atoms with E-state index in [2.05, 4.69) is 9.97 Å². The molecule has 0 unspecified atom stereocenters. The first-order chi connectivity index (χ1) is 7.33. The summed E-state index contributed by atoms with van der Waals surface area (Å²) in [4.78, 5) is 7.81. The summed E-state index contributed by atoms with van der Waals surface area (Å²) in [5.41, 5.74) is 2.50. The molecule has 3 heteroatoms. The fourth-order valence-electron chi connectivity index (χ4n) is 1.60. The summed E-state index contributed by atoms with van der Waals surface area (Å²) in [7, 11) is 0. The second-order valence-electron chi connectivity index (χ2n) is 3.24. The number of nitrogens with zero attached hydrogens (tertiary/aromatic N) is 2. The van der Waals surface area contributed by atoms with Gasteiger partial charge in [-0.25, -0.2) is 4.39 Å². The number of aromatic nitrogens is 2. The summed E-state index contributed by atoms with van der Waals surface area (Å²) in [5, 5.41) is 0. The molecule has 2 rings (SSSR count). The van der Waals surface area contributed by atoms with E-state index in [0.717, 1.165) is 11.1 Å². The zero-order chi connectivity index (χ0) is 10.7. The Morgan fingerprint density at radius 1 is 1.13 bits per heavy atom. The molecule has 0 bridgehead atoms. The molecule has 0 aliphatic carbocycles. The van der Waals surface area contributed by atoms with E-state index in [0.29, 0.717) is 12.0 Å². The van der Waals surface area contributed by atoms with Gasteiger partial charge in [-0.1, -0.05) is 6.92 Å². The average Bonchev–Trinajstić information content (AvgIpc) is 2.30. The zero-order valence-corrected chi connectivity index (χ0v) is 8.44. The summed E-state index contributed by atoms with van der Waals surface area (Å²) in [6.45, 7) is 1.93. The zero-order valence-electron chi connectivity index (χ0n) is 8.44. The highest BCUT2D eigenvalue weighted by atomic mass is 19.1. The minimum Gasteiger partial charge on any atom is -0.265 e. The number of halogens is 1. The van der Waals surface area contributed by atoms with Crippen LogP contribution in [0.25, 0.3) is 11.1 Å². The molecular formula is C12H11FN2. The van der Waals surface area contributed by atoms with E-state index >= 15 is 0 Å². The van der Waals surface area contributed by atoms with Crippen LogP contribution in [-0.2, 0) is 6.42 Å². The van der Waals surface area contributed by atoms with Gasteiger partial charge in [-0.15, -0.1) is 0 Å². The van der Waals surface area contributed by atoms with Crippen molar-refractivity contribution in [2.75, 3.05) is 0 Å². The van der Waals surface area contributed by atoms with Crippen molar-refractivity contribution in [3.8, 4) is 11.1 Å². The molecule has 0 saturated heterocycles. The lowest BCUT2D eigenvalue weighted by molar-refractivity contribution is 0.606. The van der Waals surface area contributed by atoms with Gasteiger partial charge in [0.2, 0.25) is 0 Å². The molecule has 15 heavy (non-hydrogen) atoms. The van der Waals surface area contributed by atoms with E-state index < -0.39 is 0 Å². The summed E-state index contributed by atoms with van der Waals surface area (Å²) in [5.74, 6) is -0.244. The van der Waals surface area contributed by atoms with Crippen LogP contribution in [0.2, 0.25) is 0 Å². The third kappa shape index (κ3) is 1.86. The first kappa shape index (κ1) is 9.77. The van der Waals surface area contributed by atoms with Crippen molar-refractivity contribution in [1.82, 2.24) is 9.97 Å². The quantitative estimate of drug-likeness (QED) is 0.748. The van der Waals surface area contributed by atoms with Crippen LogP contribution in [0.4, 0.5) is 4.39 Å². The molecule has 2 nitrogen and oxygen atoms in total. The maximum absolute atomic E-state index is 13.5. The Morgan fingerprint density at radius 3 is 2.53 bits per heavy atom. The smallest absolute Gasteiger partial charge is 0.145 e. The molecule has 0 spiro atoms. The normalized spacial score (nSPS) is 10.3. The molecular weight excluding hydrogens is 191 g/mol. The monoisotopic (exact) mass is 202 g/mol. The predicted molar refractivity (Wildman–Crippen MR) is 56.8 cm³/mol. The van der Waals surface area contributed by atoms with Gasteiger partial charge in [0, 0.05) is 24.2 Å². The minimum atomic E-state index is -0.244. The number of hydrogen-bond acceptors (Lipinski definition) is 2. The molecule has 0 aromatic carbocycles. The van der Waals surface area contributed by atoms with Crippen molar-refractivity contribution in [2.45, 2.75) is 13.3 Å². The highest BCUT2D eigenvalue weighted by molar-refractivity contribution is 5.65. The SMILES string of the molecule is CCc1c(F)cncc1-c1ccncc1.